The van der Waals surface area contributed by atoms with E-state index in [1.54, 1.807) is 22.7 Å². The van der Waals surface area contributed by atoms with Crippen LogP contribution < -0.4 is 4.90 Å². The van der Waals surface area contributed by atoms with Crippen molar-refractivity contribution in [3.05, 3.63) is 26.4 Å². The second kappa shape index (κ2) is 7.05. The highest BCUT2D eigenvalue weighted by atomic mass is 35.5. The van der Waals surface area contributed by atoms with Crippen LogP contribution in [0.25, 0.3) is 0 Å². The summed E-state index contributed by atoms with van der Waals surface area (Å²) in [6, 6.07) is 4.11. The second-order valence-corrected chi connectivity index (χ2v) is 8.04. The molecule has 0 aliphatic carbocycles. The van der Waals surface area contributed by atoms with Crippen molar-refractivity contribution in [2.24, 2.45) is 0 Å². The Kier molecular flexibility index (Phi) is 5.11. The normalized spacial score (nSPS) is 16.6. The number of hydrogen-bond acceptors (Lipinski definition) is 6. The quantitative estimate of drug-likeness (QED) is 0.832. The lowest BCUT2D eigenvalue weighted by molar-refractivity contribution is 0.252. The minimum atomic E-state index is 0.876. The minimum Gasteiger partial charge on any atom is -0.344 e. The highest BCUT2D eigenvalue weighted by Gasteiger charge is 2.20. The molecule has 2 aromatic heterocycles. The average Bonchev–Trinajstić information content (AvgIpc) is 3.10. The van der Waals surface area contributed by atoms with E-state index in [9.17, 15) is 0 Å². The van der Waals surface area contributed by atoms with Gasteiger partial charge in [0.15, 0.2) is 0 Å². The van der Waals surface area contributed by atoms with Crippen molar-refractivity contribution in [3.63, 3.8) is 0 Å². The van der Waals surface area contributed by atoms with Gasteiger partial charge in [0.05, 0.1) is 4.34 Å². The lowest BCUT2D eigenvalue weighted by atomic mass is 10.3. The van der Waals surface area contributed by atoms with E-state index < -0.39 is 0 Å². The number of hydrogen-bond donors (Lipinski definition) is 0. The molecular formula is C14H19ClN4S2. The third-order valence-corrected chi connectivity index (χ3v) is 5.83. The van der Waals surface area contributed by atoms with Crippen molar-refractivity contribution in [1.29, 1.82) is 0 Å². The lowest BCUT2D eigenvalue weighted by Gasteiger charge is -2.34. The summed E-state index contributed by atoms with van der Waals surface area (Å²) in [6.07, 6.45) is 2.17. The first-order valence-electron chi connectivity index (χ1n) is 7.28. The number of thiophene rings is 1. The van der Waals surface area contributed by atoms with E-state index >= 15 is 0 Å². The van der Waals surface area contributed by atoms with Crippen molar-refractivity contribution < 1.29 is 0 Å². The molecule has 0 radical (unpaired) electrons. The molecule has 1 fully saturated rings. The fraction of sp³-hybridized carbons (Fsp3) is 0.571. The van der Waals surface area contributed by atoms with Crippen molar-refractivity contribution in [2.45, 2.75) is 26.3 Å². The van der Waals surface area contributed by atoms with E-state index in [0.717, 1.165) is 60.0 Å². The van der Waals surface area contributed by atoms with Gasteiger partial charge in [-0.3, -0.25) is 4.90 Å². The van der Waals surface area contributed by atoms with Gasteiger partial charge in [-0.2, -0.15) is 0 Å². The Balaban J connectivity index is 1.52. The third-order valence-electron chi connectivity index (χ3n) is 3.57. The van der Waals surface area contributed by atoms with Crippen LogP contribution >= 0.6 is 34.3 Å². The predicted octanol–water partition coefficient (Wildman–Crippen LogP) is 3.53. The zero-order valence-corrected chi connectivity index (χ0v) is 14.5. The summed E-state index contributed by atoms with van der Waals surface area (Å²) in [7, 11) is 0. The summed E-state index contributed by atoms with van der Waals surface area (Å²) in [6.45, 7) is 7.37. The summed E-state index contributed by atoms with van der Waals surface area (Å²) in [5.74, 6) is 0. The van der Waals surface area contributed by atoms with Gasteiger partial charge in [0.25, 0.3) is 0 Å². The van der Waals surface area contributed by atoms with Crippen LogP contribution in [-0.4, -0.2) is 41.3 Å². The molecule has 0 atom stereocenters. The van der Waals surface area contributed by atoms with Crippen molar-refractivity contribution >= 4 is 39.4 Å². The maximum atomic E-state index is 5.99. The van der Waals surface area contributed by atoms with Gasteiger partial charge in [0.2, 0.25) is 5.13 Å². The molecule has 0 bridgehead atoms. The van der Waals surface area contributed by atoms with Crippen molar-refractivity contribution in [3.8, 4) is 0 Å². The number of halogens is 1. The van der Waals surface area contributed by atoms with E-state index in [1.807, 2.05) is 6.07 Å². The SMILES string of the molecule is CCCc1nnc(N2CCN(Cc3ccc(Cl)s3)CC2)s1. The van der Waals surface area contributed by atoms with Gasteiger partial charge < -0.3 is 4.90 Å². The topological polar surface area (TPSA) is 32.3 Å². The Morgan fingerprint density at radius 3 is 2.62 bits per heavy atom. The van der Waals surface area contributed by atoms with Gasteiger partial charge in [-0.15, -0.1) is 21.5 Å². The molecule has 4 nitrogen and oxygen atoms in total. The average molecular weight is 343 g/mol. The molecule has 1 aliphatic rings. The van der Waals surface area contributed by atoms with Gasteiger partial charge in [0, 0.05) is 44.0 Å². The van der Waals surface area contributed by atoms with Crippen molar-refractivity contribution in [2.75, 3.05) is 31.1 Å². The molecule has 3 heterocycles. The van der Waals surface area contributed by atoms with Gasteiger partial charge >= 0.3 is 0 Å². The van der Waals surface area contributed by atoms with Crippen LogP contribution in [0.5, 0.6) is 0 Å². The molecule has 0 spiro atoms. The second-order valence-electron chi connectivity index (χ2n) is 5.20. The van der Waals surface area contributed by atoms with E-state index in [2.05, 4.69) is 33.0 Å². The summed E-state index contributed by atoms with van der Waals surface area (Å²) >= 11 is 9.41. The summed E-state index contributed by atoms with van der Waals surface area (Å²) < 4.78 is 0.876. The lowest BCUT2D eigenvalue weighted by Crippen LogP contribution is -2.45. The van der Waals surface area contributed by atoms with Crippen LogP contribution in [0, 0.1) is 0 Å². The standard InChI is InChI=1S/C14H19ClN4S2/c1-2-3-13-16-17-14(21-13)19-8-6-18(7-9-19)10-11-4-5-12(15)20-11/h4-5H,2-3,6-10H2,1H3. The molecule has 1 saturated heterocycles. The molecule has 21 heavy (non-hydrogen) atoms. The Hall–Kier alpha value is -0.690. The van der Waals surface area contributed by atoms with Gasteiger partial charge in [0.1, 0.15) is 5.01 Å². The summed E-state index contributed by atoms with van der Waals surface area (Å²) in [5, 5.41) is 10.8. The number of piperazine rings is 1. The maximum absolute atomic E-state index is 5.99. The molecule has 7 heteroatoms. The Labute approximate surface area is 138 Å². The fourth-order valence-corrected chi connectivity index (χ4v) is 4.56. The number of aromatic nitrogens is 2. The van der Waals surface area contributed by atoms with Gasteiger partial charge in [-0.25, -0.2) is 0 Å². The maximum Gasteiger partial charge on any atom is 0.208 e. The molecule has 0 N–H and O–H groups in total. The predicted molar refractivity (Wildman–Crippen MR) is 90.7 cm³/mol. The number of aryl methyl sites for hydroxylation is 1. The van der Waals surface area contributed by atoms with E-state index in [-0.39, 0.29) is 0 Å². The first kappa shape index (κ1) is 15.2. The molecule has 114 valence electrons. The van der Waals surface area contributed by atoms with E-state index in [0.29, 0.717) is 0 Å². The molecule has 2 aromatic rings. The Morgan fingerprint density at radius 2 is 1.95 bits per heavy atom. The van der Waals surface area contributed by atoms with Crippen LogP contribution in [0.3, 0.4) is 0 Å². The zero-order valence-electron chi connectivity index (χ0n) is 12.1. The first-order valence-corrected chi connectivity index (χ1v) is 9.29. The van der Waals surface area contributed by atoms with Crippen LogP contribution in [0.1, 0.15) is 23.2 Å². The molecule has 1 aliphatic heterocycles. The summed E-state index contributed by atoms with van der Waals surface area (Å²) in [5.41, 5.74) is 0. The highest BCUT2D eigenvalue weighted by molar-refractivity contribution is 7.16. The Bertz CT molecular complexity index is 575. The molecule has 0 saturated carbocycles. The number of anilines is 1. The van der Waals surface area contributed by atoms with Crippen LogP contribution in [0.2, 0.25) is 4.34 Å². The van der Waals surface area contributed by atoms with Gasteiger partial charge in [-0.05, 0) is 18.6 Å². The van der Waals surface area contributed by atoms with E-state index in [1.165, 1.54) is 4.88 Å². The molecular weight excluding hydrogens is 324 g/mol. The van der Waals surface area contributed by atoms with Crippen LogP contribution in [-0.2, 0) is 13.0 Å². The third kappa shape index (κ3) is 3.94. The highest BCUT2D eigenvalue weighted by Crippen LogP contribution is 2.25. The molecule has 0 unspecified atom stereocenters. The zero-order chi connectivity index (χ0) is 14.7. The first-order chi connectivity index (χ1) is 10.2. The molecule has 3 rings (SSSR count). The van der Waals surface area contributed by atoms with Crippen LogP contribution in [0.15, 0.2) is 12.1 Å². The number of nitrogens with zero attached hydrogens (tertiary/aromatic N) is 4. The minimum absolute atomic E-state index is 0.876. The number of rotatable bonds is 5. The van der Waals surface area contributed by atoms with E-state index in [4.69, 9.17) is 11.6 Å². The molecule has 0 amide bonds. The van der Waals surface area contributed by atoms with Crippen LogP contribution in [0.4, 0.5) is 5.13 Å². The molecule has 0 aromatic carbocycles. The fourth-order valence-electron chi connectivity index (χ4n) is 2.44. The largest absolute Gasteiger partial charge is 0.344 e. The smallest absolute Gasteiger partial charge is 0.208 e. The Morgan fingerprint density at radius 1 is 1.14 bits per heavy atom. The van der Waals surface area contributed by atoms with Crippen molar-refractivity contribution in [1.82, 2.24) is 15.1 Å². The van der Waals surface area contributed by atoms with Gasteiger partial charge in [-0.1, -0.05) is 29.9 Å². The monoisotopic (exact) mass is 342 g/mol. The summed E-state index contributed by atoms with van der Waals surface area (Å²) in [4.78, 5) is 6.18.